The zero-order valence-electron chi connectivity index (χ0n) is 12.4. The van der Waals surface area contributed by atoms with Crippen LogP contribution in [0.1, 0.15) is 27.0 Å². The van der Waals surface area contributed by atoms with Crippen LogP contribution < -0.4 is 10.6 Å². The minimum Gasteiger partial charge on any atom is -0.332 e. The van der Waals surface area contributed by atoms with Crippen LogP contribution in [0.4, 0.5) is 5.69 Å². The van der Waals surface area contributed by atoms with E-state index >= 15 is 0 Å². The van der Waals surface area contributed by atoms with Gasteiger partial charge in [-0.2, -0.15) is 0 Å². The van der Waals surface area contributed by atoms with Crippen LogP contribution in [0.3, 0.4) is 0 Å². The highest BCUT2D eigenvalue weighted by Crippen LogP contribution is 2.14. The lowest BCUT2D eigenvalue weighted by Gasteiger charge is -2.11. The Bertz CT molecular complexity index is 695. The normalized spacial score (nSPS) is 10.0. The Morgan fingerprint density at radius 2 is 1.76 bits per heavy atom. The lowest BCUT2D eigenvalue weighted by Crippen LogP contribution is -2.34. The highest BCUT2D eigenvalue weighted by atomic mass is 32.1. The molecule has 2 aromatic rings. The molecule has 0 aliphatic heterocycles. The molecule has 1 amide bonds. The molecule has 21 heavy (non-hydrogen) atoms. The highest BCUT2D eigenvalue weighted by Gasteiger charge is 2.08. The summed E-state index contributed by atoms with van der Waals surface area (Å²) in [5.41, 5.74) is 4.89. The average Bonchev–Trinajstić information content (AvgIpc) is 2.43. The van der Waals surface area contributed by atoms with E-state index in [1.54, 1.807) is 6.07 Å². The molecular formula is C17H18N2OS. The molecule has 0 fully saturated rings. The molecule has 2 N–H and O–H groups in total. The predicted octanol–water partition coefficient (Wildman–Crippen LogP) is 3.74. The van der Waals surface area contributed by atoms with Gasteiger partial charge in [-0.05, 0) is 68.4 Å². The van der Waals surface area contributed by atoms with E-state index in [0.29, 0.717) is 10.7 Å². The summed E-state index contributed by atoms with van der Waals surface area (Å²) in [5.74, 6) is -0.208. The zero-order valence-corrected chi connectivity index (χ0v) is 13.2. The van der Waals surface area contributed by atoms with Gasteiger partial charge in [0.05, 0.1) is 0 Å². The highest BCUT2D eigenvalue weighted by molar-refractivity contribution is 7.80. The molecule has 0 aromatic heterocycles. The predicted molar refractivity (Wildman–Crippen MR) is 90.8 cm³/mol. The molecule has 0 saturated carbocycles. The largest absolute Gasteiger partial charge is 0.332 e. The smallest absolute Gasteiger partial charge is 0.257 e. The number of thiocarbonyl (C=S) groups is 1. The summed E-state index contributed by atoms with van der Waals surface area (Å²) in [4.78, 5) is 12.1. The lowest BCUT2D eigenvalue weighted by molar-refractivity contribution is 0.0977. The molecule has 0 aliphatic carbocycles. The first-order valence-corrected chi connectivity index (χ1v) is 7.13. The van der Waals surface area contributed by atoms with Crippen LogP contribution in [-0.2, 0) is 0 Å². The van der Waals surface area contributed by atoms with Gasteiger partial charge in [-0.15, -0.1) is 0 Å². The van der Waals surface area contributed by atoms with Gasteiger partial charge in [0.15, 0.2) is 5.11 Å². The Hall–Kier alpha value is -2.20. The van der Waals surface area contributed by atoms with Gasteiger partial charge in [0.25, 0.3) is 5.91 Å². The summed E-state index contributed by atoms with van der Waals surface area (Å²) in [6.45, 7) is 6.04. The van der Waals surface area contributed by atoms with Crippen molar-refractivity contribution in [2.24, 2.45) is 0 Å². The number of rotatable bonds is 2. The number of benzene rings is 2. The Morgan fingerprint density at radius 1 is 1.00 bits per heavy atom. The van der Waals surface area contributed by atoms with Crippen molar-refractivity contribution in [2.75, 3.05) is 5.32 Å². The fourth-order valence-corrected chi connectivity index (χ4v) is 2.15. The third-order valence-electron chi connectivity index (χ3n) is 3.27. The Labute approximate surface area is 130 Å². The summed E-state index contributed by atoms with van der Waals surface area (Å²) in [6, 6.07) is 13.3. The molecule has 108 valence electrons. The van der Waals surface area contributed by atoms with Crippen LogP contribution in [0, 0.1) is 20.8 Å². The maximum Gasteiger partial charge on any atom is 0.257 e. The summed E-state index contributed by atoms with van der Waals surface area (Å²) in [5, 5.41) is 6.01. The number of carbonyl (C=O) groups excluding carboxylic acids is 1. The maximum atomic E-state index is 12.1. The molecule has 2 rings (SSSR count). The van der Waals surface area contributed by atoms with Gasteiger partial charge in [-0.25, -0.2) is 0 Å². The minimum atomic E-state index is -0.208. The molecule has 2 aromatic carbocycles. The van der Waals surface area contributed by atoms with Crippen molar-refractivity contribution < 1.29 is 4.79 Å². The lowest BCUT2D eigenvalue weighted by atomic mass is 10.1. The van der Waals surface area contributed by atoms with Crippen molar-refractivity contribution in [3.8, 4) is 0 Å². The number of nitrogens with one attached hydrogen (secondary N) is 2. The van der Waals surface area contributed by atoms with Crippen LogP contribution in [0.2, 0.25) is 0 Å². The van der Waals surface area contributed by atoms with Crippen LogP contribution in [-0.4, -0.2) is 11.0 Å². The molecule has 4 heteroatoms. The number of aryl methyl sites for hydroxylation is 3. The van der Waals surface area contributed by atoms with E-state index in [4.69, 9.17) is 12.2 Å². The number of amides is 1. The Balaban J connectivity index is 2.01. The molecule has 0 bridgehead atoms. The molecule has 0 radical (unpaired) electrons. The monoisotopic (exact) mass is 298 g/mol. The Morgan fingerprint density at radius 3 is 2.43 bits per heavy atom. The molecule has 3 nitrogen and oxygen atoms in total. The quantitative estimate of drug-likeness (QED) is 0.830. The first kappa shape index (κ1) is 15.2. The van der Waals surface area contributed by atoms with Crippen molar-refractivity contribution in [1.29, 1.82) is 0 Å². The second-order valence-electron chi connectivity index (χ2n) is 5.08. The van der Waals surface area contributed by atoms with Crippen molar-refractivity contribution in [1.82, 2.24) is 5.32 Å². The van der Waals surface area contributed by atoms with Crippen LogP contribution in [0.5, 0.6) is 0 Å². The van der Waals surface area contributed by atoms with Gasteiger partial charge in [-0.3, -0.25) is 10.1 Å². The second kappa shape index (κ2) is 6.50. The molecule has 0 saturated heterocycles. The zero-order chi connectivity index (χ0) is 15.4. The summed E-state index contributed by atoms with van der Waals surface area (Å²) >= 11 is 5.18. The van der Waals surface area contributed by atoms with Gasteiger partial charge < -0.3 is 5.32 Å². The number of carbonyl (C=O) groups is 1. The SMILES string of the molecule is Cc1cccc(C(=O)NC(=S)Nc2ccc(C)c(C)c2)c1. The number of anilines is 1. The average molecular weight is 298 g/mol. The van der Waals surface area contributed by atoms with Gasteiger partial charge in [0.2, 0.25) is 0 Å². The van der Waals surface area contributed by atoms with Gasteiger partial charge in [0, 0.05) is 11.3 Å². The van der Waals surface area contributed by atoms with Crippen LogP contribution in [0.25, 0.3) is 0 Å². The fourth-order valence-electron chi connectivity index (χ4n) is 1.94. The first-order chi connectivity index (χ1) is 9.95. The Kier molecular flexibility index (Phi) is 4.70. The van der Waals surface area contributed by atoms with E-state index in [2.05, 4.69) is 17.6 Å². The molecular weight excluding hydrogens is 280 g/mol. The molecule has 0 heterocycles. The van der Waals surface area contributed by atoms with E-state index < -0.39 is 0 Å². The second-order valence-corrected chi connectivity index (χ2v) is 5.49. The minimum absolute atomic E-state index is 0.208. The summed E-state index contributed by atoms with van der Waals surface area (Å²) in [6.07, 6.45) is 0. The third-order valence-corrected chi connectivity index (χ3v) is 3.48. The topological polar surface area (TPSA) is 41.1 Å². The summed E-state index contributed by atoms with van der Waals surface area (Å²) < 4.78 is 0. The van der Waals surface area contributed by atoms with Gasteiger partial charge >= 0.3 is 0 Å². The molecule has 0 aliphatic rings. The maximum absolute atomic E-state index is 12.1. The molecule has 0 spiro atoms. The molecule has 0 unspecified atom stereocenters. The van der Waals surface area contributed by atoms with Crippen LogP contribution in [0.15, 0.2) is 42.5 Å². The number of hydrogen-bond donors (Lipinski definition) is 2. The standard InChI is InChI=1S/C17H18N2OS/c1-11-5-4-6-14(9-11)16(20)19-17(21)18-15-8-7-12(2)13(3)10-15/h4-10H,1-3H3,(H2,18,19,20,21). The third kappa shape index (κ3) is 4.13. The van der Waals surface area contributed by atoms with Crippen molar-refractivity contribution in [2.45, 2.75) is 20.8 Å². The first-order valence-electron chi connectivity index (χ1n) is 6.72. The van der Waals surface area contributed by atoms with Gasteiger partial charge in [0.1, 0.15) is 0 Å². The van der Waals surface area contributed by atoms with E-state index in [-0.39, 0.29) is 5.91 Å². The summed E-state index contributed by atoms with van der Waals surface area (Å²) in [7, 11) is 0. The van der Waals surface area contributed by atoms with E-state index in [1.807, 2.05) is 50.2 Å². The fraction of sp³-hybridized carbons (Fsp3) is 0.176. The van der Waals surface area contributed by atoms with Crippen molar-refractivity contribution in [3.05, 3.63) is 64.7 Å². The van der Waals surface area contributed by atoms with Crippen molar-refractivity contribution >= 4 is 28.9 Å². The van der Waals surface area contributed by atoms with Crippen molar-refractivity contribution in [3.63, 3.8) is 0 Å². The van der Waals surface area contributed by atoms with Crippen LogP contribution >= 0.6 is 12.2 Å². The van der Waals surface area contributed by atoms with E-state index in [9.17, 15) is 4.79 Å². The van der Waals surface area contributed by atoms with Gasteiger partial charge in [-0.1, -0.05) is 23.8 Å². The molecule has 0 atom stereocenters. The van der Waals surface area contributed by atoms with E-state index in [0.717, 1.165) is 11.3 Å². The van der Waals surface area contributed by atoms with E-state index in [1.165, 1.54) is 11.1 Å². The number of hydrogen-bond acceptors (Lipinski definition) is 2.